The predicted octanol–water partition coefficient (Wildman–Crippen LogP) is 2.87. The van der Waals surface area contributed by atoms with Crippen molar-refractivity contribution in [1.29, 1.82) is 5.41 Å². The SMILES string of the molecule is CSc1cccc(OC(C)(C)C)c1C(=N)N. The number of ether oxygens (including phenoxy) is 1. The van der Waals surface area contributed by atoms with Gasteiger partial charge in [-0.15, -0.1) is 11.8 Å². The highest BCUT2D eigenvalue weighted by atomic mass is 32.2. The number of hydrogen-bond donors (Lipinski definition) is 2. The number of amidine groups is 1. The van der Waals surface area contributed by atoms with Crippen molar-refractivity contribution in [2.45, 2.75) is 31.3 Å². The van der Waals surface area contributed by atoms with Gasteiger partial charge in [-0.3, -0.25) is 5.41 Å². The summed E-state index contributed by atoms with van der Waals surface area (Å²) in [5.41, 5.74) is 5.99. The molecule has 0 fully saturated rings. The van der Waals surface area contributed by atoms with E-state index in [1.54, 1.807) is 11.8 Å². The second-order valence-corrected chi connectivity index (χ2v) is 5.31. The van der Waals surface area contributed by atoms with Crippen molar-refractivity contribution in [1.82, 2.24) is 0 Å². The molecule has 0 aromatic heterocycles. The summed E-state index contributed by atoms with van der Waals surface area (Å²) in [6.45, 7) is 5.92. The van der Waals surface area contributed by atoms with E-state index in [9.17, 15) is 0 Å². The van der Waals surface area contributed by atoms with Gasteiger partial charge in [-0.05, 0) is 39.2 Å². The van der Waals surface area contributed by atoms with Crippen LogP contribution < -0.4 is 10.5 Å². The summed E-state index contributed by atoms with van der Waals surface area (Å²) >= 11 is 1.56. The van der Waals surface area contributed by atoms with Crippen molar-refractivity contribution in [2.75, 3.05) is 6.26 Å². The molecule has 0 aliphatic heterocycles. The molecule has 4 heteroatoms. The lowest BCUT2D eigenvalue weighted by molar-refractivity contribution is 0.130. The summed E-state index contributed by atoms with van der Waals surface area (Å²) in [4.78, 5) is 0.967. The Hall–Kier alpha value is -1.16. The quantitative estimate of drug-likeness (QED) is 0.483. The number of rotatable bonds is 3. The molecule has 88 valence electrons. The second kappa shape index (κ2) is 4.78. The van der Waals surface area contributed by atoms with Crippen LogP contribution in [0.25, 0.3) is 0 Å². The highest BCUT2D eigenvalue weighted by Crippen LogP contribution is 2.30. The minimum Gasteiger partial charge on any atom is -0.487 e. The zero-order valence-corrected chi connectivity index (χ0v) is 10.9. The summed E-state index contributed by atoms with van der Waals surface area (Å²) in [5, 5.41) is 7.61. The number of nitrogens with two attached hydrogens (primary N) is 1. The van der Waals surface area contributed by atoms with E-state index in [1.807, 2.05) is 45.2 Å². The number of thioether (sulfide) groups is 1. The van der Waals surface area contributed by atoms with Crippen molar-refractivity contribution in [2.24, 2.45) is 5.73 Å². The fourth-order valence-electron chi connectivity index (χ4n) is 1.36. The fourth-order valence-corrected chi connectivity index (χ4v) is 1.99. The molecule has 3 nitrogen and oxygen atoms in total. The predicted molar refractivity (Wildman–Crippen MR) is 69.6 cm³/mol. The van der Waals surface area contributed by atoms with Crippen LogP contribution in [0, 0.1) is 5.41 Å². The lowest BCUT2D eigenvalue weighted by Gasteiger charge is -2.23. The van der Waals surface area contributed by atoms with Crippen LogP contribution in [0.3, 0.4) is 0 Å². The Morgan fingerprint density at radius 2 is 2.00 bits per heavy atom. The molecule has 0 aliphatic carbocycles. The van der Waals surface area contributed by atoms with Gasteiger partial charge in [0, 0.05) is 4.90 Å². The van der Waals surface area contributed by atoms with Crippen molar-refractivity contribution in [3.8, 4) is 5.75 Å². The molecule has 1 aromatic rings. The minimum atomic E-state index is -0.290. The molecular formula is C12H18N2OS. The van der Waals surface area contributed by atoms with Gasteiger partial charge in [-0.2, -0.15) is 0 Å². The Kier molecular flexibility index (Phi) is 3.86. The zero-order valence-electron chi connectivity index (χ0n) is 10.1. The van der Waals surface area contributed by atoms with Gasteiger partial charge >= 0.3 is 0 Å². The zero-order chi connectivity index (χ0) is 12.3. The summed E-state index contributed by atoms with van der Waals surface area (Å²) in [5.74, 6) is 0.719. The molecule has 0 bridgehead atoms. The highest BCUT2D eigenvalue weighted by molar-refractivity contribution is 7.98. The van der Waals surface area contributed by atoms with Gasteiger partial charge in [0.2, 0.25) is 0 Å². The smallest absolute Gasteiger partial charge is 0.132 e. The summed E-state index contributed by atoms with van der Waals surface area (Å²) < 4.78 is 5.80. The third-order valence-corrected chi connectivity index (χ3v) is 2.67. The average molecular weight is 238 g/mol. The number of hydrogen-bond acceptors (Lipinski definition) is 3. The molecule has 0 saturated carbocycles. The highest BCUT2D eigenvalue weighted by Gasteiger charge is 2.17. The molecule has 3 N–H and O–H groups in total. The van der Waals surface area contributed by atoms with Gasteiger partial charge in [0.15, 0.2) is 0 Å². The number of nitrogen functional groups attached to an aromatic ring is 1. The van der Waals surface area contributed by atoms with E-state index in [0.29, 0.717) is 11.3 Å². The molecule has 0 spiro atoms. The van der Waals surface area contributed by atoms with Crippen LogP contribution >= 0.6 is 11.8 Å². The normalized spacial score (nSPS) is 11.2. The largest absolute Gasteiger partial charge is 0.487 e. The van der Waals surface area contributed by atoms with Crippen molar-refractivity contribution in [3.63, 3.8) is 0 Å². The van der Waals surface area contributed by atoms with Crippen LogP contribution in [-0.4, -0.2) is 17.7 Å². The monoisotopic (exact) mass is 238 g/mol. The molecule has 16 heavy (non-hydrogen) atoms. The molecule has 0 radical (unpaired) electrons. The summed E-state index contributed by atoms with van der Waals surface area (Å²) in [6.07, 6.45) is 1.96. The van der Waals surface area contributed by atoms with Gasteiger partial charge in [-0.1, -0.05) is 6.07 Å². The van der Waals surface area contributed by atoms with E-state index in [0.717, 1.165) is 4.90 Å². The van der Waals surface area contributed by atoms with Gasteiger partial charge in [0.25, 0.3) is 0 Å². The van der Waals surface area contributed by atoms with E-state index in [2.05, 4.69) is 0 Å². The molecule has 0 aliphatic rings. The Morgan fingerprint density at radius 3 is 2.44 bits per heavy atom. The van der Waals surface area contributed by atoms with Crippen LogP contribution in [0.4, 0.5) is 0 Å². The van der Waals surface area contributed by atoms with Crippen LogP contribution in [-0.2, 0) is 0 Å². The third kappa shape index (κ3) is 3.17. The van der Waals surface area contributed by atoms with Gasteiger partial charge < -0.3 is 10.5 Å². The molecule has 0 amide bonds. The van der Waals surface area contributed by atoms with E-state index in [1.165, 1.54) is 0 Å². The van der Waals surface area contributed by atoms with Crippen LogP contribution in [0.15, 0.2) is 23.1 Å². The third-order valence-electron chi connectivity index (χ3n) is 1.89. The Bertz CT molecular complexity index is 396. The van der Waals surface area contributed by atoms with Crippen LogP contribution in [0.5, 0.6) is 5.75 Å². The molecule has 0 unspecified atom stereocenters. The summed E-state index contributed by atoms with van der Waals surface area (Å²) in [6, 6.07) is 5.71. The maximum Gasteiger partial charge on any atom is 0.132 e. The first kappa shape index (κ1) is 12.9. The number of nitrogens with one attached hydrogen (secondary N) is 1. The van der Waals surface area contributed by atoms with Gasteiger partial charge in [0.05, 0.1) is 5.56 Å². The maximum atomic E-state index is 7.61. The molecular weight excluding hydrogens is 220 g/mol. The molecule has 0 saturated heterocycles. The van der Waals surface area contributed by atoms with Crippen LogP contribution in [0.1, 0.15) is 26.3 Å². The fraction of sp³-hybridized carbons (Fsp3) is 0.417. The van der Waals surface area contributed by atoms with Crippen LogP contribution in [0.2, 0.25) is 0 Å². The first-order chi connectivity index (χ1) is 7.35. The first-order valence-corrected chi connectivity index (χ1v) is 6.28. The van der Waals surface area contributed by atoms with E-state index in [-0.39, 0.29) is 11.4 Å². The molecule has 0 heterocycles. The topological polar surface area (TPSA) is 59.1 Å². The van der Waals surface area contributed by atoms with Crippen molar-refractivity contribution in [3.05, 3.63) is 23.8 Å². The van der Waals surface area contributed by atoms with E-state index >= 15 is 0 Å². The van der Waals surface area contributed by atoms with Gasteiger partial charge in [0.1, 0.15) is 17.2 Å². The molecule has 1 rings (SSSR count). The Morgan fingerprint density at radius 1 is 1.38 bits per heavy atom. The van der Waals surface area contributed by atoms with Crippen molar-refractivity contribution < 1.29 is 4.74 Å². The van der Waals surface area contributed by atoms with Crippen molar-refractivity contribution >= 4 is 17.6 Å². The summed E-state index contributed by atoms with van der Waals surface area (Å²) in [7, 11) is 0. The lowest BCUT2D eigenvalue weighted by Crippen LogP contribution is -2.25. The first-order valence-electron chi connectivity index (χ1n) is 5.05. The second-order valence-electron chi connectivity index (χ2n) is 4.46. The maximum absolute atomic E-state index is 7.61. The lowest BCUT2D eigenvalue weighted by atomic mass is 10.1. The Balaban J connectivity index is 3.22. The van der Waals surface area contributed by atoms with Gasteiger partial charge in [-0.25, -0.2) is 0 Å². The van der Waals surface area contributed by atoms with E-state index in [4.69, 9.17) is 15.9 Å². The minimum absolute atomic E-state index is 0.0456. The number of benzene rings is 1. The van der Waals surface area contributed by atoms with E-state index < -0.39 is 0 Å². The Labute approximate surface area is 101 Å². The average Bonchev–Trinajstić information content (AvgIpc) is 2.14. The molecule has 0 atom stereocenters. The molecule has 1 aromatic carbocycles. The standard InChI is InChI=1S/C12H18N2OS/c1-12(2,3)15-8-6-5-7-9(16-4)10(8)11(13)14/h5-7H,1-4H3,(H3,13,14).